The monoisotopic (exact) mass is 1760 g/mol. The maximum Gasteiger partial charge on any atom is 0.472 e. The smallest absolute Gasteiger partial charge is 0.463 e. The number of aliphatic hydroxyl groups excluding tert-OH is 2. The summed E-state index contributed by atoms with van der Waals surface area (Å²) in [6.45, 7) is 2.37. The quantitative estimate of drug-likeness (QED) is 0.0146. The Morgan fingerprint density at radius 2 is 0.407 bits per heavy atom. The second-order valence-electron chi connectivity index (χ2n) is 32.1. The van der Waals surface area contributed by atoms with Crippen molar-refractivity contribution in [2.45, 2.75) is 411 Å². The van der Waals surface area contributed by atoms with Gasteiger partial charge in [0.1, 0.15) is 25.4 Å². The lowest BCUT2D eigenvalue weighted by Crippen LogP contribution is -2.30. The number of carbonyl (C=O) groups is 3. The lowest BCUT2D eigenvalue weighted by Gasteiger charge is -2.21. The van der Waals surface area contributed by atoms with Gasteiger partial charge in [-0.3, -0.25) is 32.5 Å². The van der Waals surface area contributed by atoms with Crippen molar-refractivity contribution in [3.05, 3.63) is 194 Å². The van der Waals surface area contributed by atoms with Crippen LogP contribution in [-0.2, 0) is 55.8 Å². The number of unbranched alkanes of at least 4 members (excludes halogenated alkanes) is 36. The number of ether oxygens (including phenoxy) is 3. The highest BCUT2D eigenvalue weighted by atomic mass is 31.2. The minimum absolute atomic E-state index is 0.0858. The Labute approximate surface area is 750 Å². The Kier molecular flexibility index (Phi) is 91.1. The SMILES string of the molecule is CC/C=C\C/C=C\C/C=C\C/C=C\C/C=C\C/C=C\CCCCCCCCCCCCCCC(=O)OCC(COP(=O)(O)OCC(O)COP(=O)(O)OCC(O)COC(=O)CCCCCCCCCCCCCCCCCCC/C=C\C/C=C\C/C=C\C/C=C\C/C=C\CC)OC(=O)CCCCCCCCC/C=C\C/C=C\C/C=C\C/C=C\C/C=C\CC. The molecule has 0 saturated heterocycles. The lowest BCUT2D eigenvalue weighted by molar-refractivity contribution is -0.161. The van der Waals surface area contributed by atoms with Crippen LogP contribution in [0.15, 0.2) is 194 Å². The van der Waals surface area contributed by atoms with Crippen molar-refractivity contribution < 1.29 is 75.8 Å². The van der Waals surface area contributed by atoms with Gasteiger partial charge in [-0.1, -0.05) is 408 Å². The minimum atomic E-state index is -4.95. The first-order valence-corrected chi connectivity index (χ1v) is 51.7. The van der Waals surface area contributed by atoms with Gasteiger partial charge >= 0.3 is 33.6 Å². The van der Waals surface area contributed by atoms with Crippen LogP contribution in [0, 0.1) is 0 Å². The summed E-state index contributed by atoms with van der Waals surface area (Å²) in [5.74, 6) is -1.58. The van der Waals surface area contributed by atoms with Crippen molar-refractivity contribution in [2.24, 2.45) is 0 Å². The topological polar surface area (TPSA) is 231 Å². The molecule has 0 aliphatic carbocycles. The number of rotatable bonds is 91. The van der Waals surface area contributed by atoms with E-state index in [4.69, 9.17) is 32.3 Å². The van der Waals surface area contributed by atoms with Crippen molar-refractivity contribution in [1.82, 2.24) is 0 Å². The predicted molar refractivity (Wildman–Crippen MR) is 518 cm³/mol. The van der Waals surface area contributed by atoms with E-state index in [2.05, 4.69) is 215 Å². The number of phosphoric ester groups is 2. The molecule has 702 valence electrons. The van der Waals surface area contributed by atoms with Gasteiger partial charge in [0.05, 0.1) is 26.4 Å². The molecule has 5 atom stereocenters. The fourth-order valence-corrected chi connectivity index (χ4v) is 14.6. The van der Waals surface area contributed by atoms with E-state index in [1.807, 2.05) is 0 Å². The molecule has 0 saturated carbocycles. The zero-order valence-electron chi connectivity index (χ0n) is 77.5. The second-order valence-corrected chi connectivity index (χ2v) is 35.0. The molecule has 0 aromatic heterocycles. The van der Waals surface area contributed by atoms with Gasteiger partial charge in [0.2, 0.25) is 0 Å². The molecule has 0 spiro atoms. The number of phosphoric acid groups is 2. The average Bonchev–Trinajstić information content (AvgIpc) is 0.912. The van der Waals surface area contributed by atoms with Crippen LogP contribution in [0.2, 0.25) is 0 Å². The Hall–Kier alpha value is -5.61. The van der Waals surface area contributed by atoms with Gasteiger partial charge in [0.25, 0.3) is 0 Å². The van der Waals surface area contributed by atoms with Crippen molar-refractivity contribution in [3.63, 3.8) is 0 Å². The van der Waals surface area contributed by atoms with Gasteiger partial charge in [-0.05, 0) is 161 Å². The van der Waals surface area contributed by atoms with E-state index < -0.39 is 91.5 Å². The predicted octanol–water partition coefficient (Wildman–Crippen LogP) is 30.6. The van der Waals surface area contributed by atoms with Crippen molar-refractivity contribution in [1.29, 1.82) is 0 Å². The van der Waals surface area contributed by atoms with Crippen molar-refractivity contribution in [2.75, 3.05) is 39.6 Å². The Morgan fingerprint density at radius 1 is 0.228 bits per heavy atom. The molecule has 123 heavy (non-hydrogen) atoms. The second kappa shape index (κ2) is 95.5. The first-order chi connectivity index (χ1) is 60.2. The van der Waals surface area contributed by atoms with Crippen LogP contribution in [0.5, 0.6) is 0 Å². The molecule has 0 fully saturated rings. The highest BCUT2D eigenvalue weighted by molar-refractivity contribution is 7.47. The minimum Gasteiger partial charge on any atom is -0.463 e. The van der Waals surface area contributed by atoms with E-state index >= 15 is 0 Å². The van der Waals surface area contributed by atoms with Gasteiger partial charge < -0.3 is 34.2 Å². The molecule has 4 N–H and O–H groups in total. The van der Waals surface area contributed by atoms with E-state index in [1.165, 1.54) is 135 Å². The third-order valence-electron chi connectivity index (χ3n) is 20.3. The molecular formula is C105H176O16P2. The lowest BCUT2D eigenvalue weighted by atomic mass is 10.0. The molecule has 0 rings (SSSR count). The standard InChI is InChI=1S/C105H176O16P2/c1-4-7-10-13-16-19-22-25-28-31-34-37-40-42-44-46-48-49-51-53-54-56-59-61-64-67-70-73-76-79-82-85-88-91-103(108)115-94-100(106)95-117-122(111,112)118-96-101(107)97-119-123(113,114)120-99-102(121-105(110)93-90-87-84-81-78-75-72-69-66-63-58-39-36-33-30-27-24-21-18-15-12-9-6-3)98-116-104(109)92-89-86-83-80-77-74-71-68-65-62-60-57-55-52-50-47-45-43-41-38-35-32-29-26-23-20-17-14-11-8-5-2/h7-12,16-21,25-30,34-39,42-45,50,52,63,66,100-102,106-107H,4-6,13-15,22-24,31-33,40-41,46-49,51,53-62,64-65,67-99H2,1-3H3,(H,111,112)(H,113,114)/b10-7-,11-8-,12-9-,19-16-,20-17-,21-18-,28-25-,29-26-,30-27-,37-34-,38-35-,39-36-,44-42-,45-43-,52-50-,66-63-. The number of carbonyl (C=O) groups excluding carboxylic acids is 3. The maximum absolute atomic E-state index is 13.1. The summed E-state index contributed by atoms with van der Waals surface area (Å²) in [7, 11) is -9.82. The highest BCUT2D eigenvalue weighted by Gasteiger charge is 2.30. The van der Waals surface area contributed by atoms with Crippen LogP contribution in [0.1, 0.15) is 393 Å². The molecule has 16 nitrogen and oxygen atoms in total. The number of aliphatic hydroxyl groups is 2. The molecule has 0 radical (unpaired) electrons. The number of allylic oxidation sites excluding steroid dienone is 32. The molecule has 0 heterocycles. The van der Waals surface area contributed by atoms with Crippen LogP contribution < -0.4 is 0 Å². The fourth-order valence-electron chi connectivity index (χ4n) is 13.0. The van der Waals surface area contributed by atoms with E-state index in [-0.39, 0.29) is 19.3 Å². The Bertz CT molecular complexity index is 3020. The fraction of sp³-hybridized carbons (Fsp3) is 0.667. The van der Waals surface area contributed by atoms with Crippen molar-refractivity contribution >= 4 is 33.6 Å². The molecule has 0 amide bonds. The zero-order valence-corrected chi connectivity index (χ0v) is 79.3. The van der Waals surface area contributed by atoms with Crippen LogP contribution in [0.4, 0.5) is 0 Å². The molecular weight excluding hydrogens is 1580 g/mol. The summed E-state index contributed by atoms with van der Waals surface area (Å²) in [6.07, 6.45) is 128. The molecule has 0 aromatic carbocycles. The highest BCUT2D eigenvalue weighted by Crippen LogP contribution is 2.45. The van der Waals surface area contributed by atoms with Crippen molar-refractivity contribution in [3.8, 4) is 0 Å². The normalized spacial score (nSPS) is 14.6. The first kappa shape index (κ1) is 117. The van der Waals surface area contributed by atoms with Crippen LogP contribution in [0.3, 0.4) is 0 Å². The molecule has 5 unspecified atom stereocenters. The zero-order chi connectivity index (χ0) is 89.3. The van der Waals surface area contributed by atoms with E-state index in [9.17, 15) is 43.5 Å². The molecule has 0 aliphatic rings. The van der Waals surface area contributed by atoms with E-state index in [0.29, 0.717) is 19.3 Å². The van der Waals surface area contributed by atoms with E-state index in [0.717, 1.165) is 199 Å². The third kappa shape index (κ3) is 96.9. The van der Waals surface area contributed by atoms with E-state index in [1.54, 1.807) is 0 Å². The summed E-state index contributed by atoms with van der Waals surface area (Å²) < 4.78 is 61.6. The summed E-state index contributed by atoms with van der Waals surface area (Å²) in [5, 5.41) is 20.8. The third-order valence-corrected chi connectivity index (χ3v) is 22.2. The average molecular weight is 1760 g/mol. The Balaban J connectivity index is 4.60. The summed E-state index contributed by atoms with van der Waals surface area (Å²) in [5.41, 5.74) is 0. The van der Waals surface area contributed by atoms with Gasteiger partial charge in [0, 0.05) is 19.3 Å². The van der Waals surface area contributed by atoms with Gasteiger partial charge in [-0.15, -0.1) is 0 Å². The summed E-state index contributed by atoms with van der Waals surface area (Å²) in [4.78, 5) is 59.1. The van der Waals surface area contributed by atoms with Crippen LogP contribution in [0.25, 0.3) is 0 Å². The maximum atomic E-state index is 13.1. The number of hydrogen-bond donors (Lipinski definition) is 4. The molecule has 0 aromatic rings. The molecule has 18 heteroatoms. The summed E-state index contributed by atoms with van der Waals surface area (Å²) in [6, 6.07) is 0. The number of esters is 3. The first-order valence-electron chi connectivity index (χ1n) is 48.7. The van der Waals surface area contributed by atoms with Crippen LogP contribution >= 0.6 is 15.6 Å². The molecule has 0 bridgehead atoms. The van der Waals surface area contributed by atoms with Gasteiger partial charge in [-0.25, -0.2) is 9.13 Å². The molecule has 0 aliphatic heterocycles. The summed E-state index contributed by atoms with van der Waals surface area (Å²) >= 11 is 0. The Morgan fingerprint density at radius 3 is 0.642 bits per heavy atom. The largest absolute Gasteiger partial charge is 0.472 e. The van der Waals surface area contributed by atoms with Crippen LogP contribution in [-0.4, -0.2) is 95.9 Å². The number of hydrogen-bond acceptors (Lipinski definition) is 14. The van der Waals surface area contributed by atoms with Gasteiger partial charge in [0.15, 0.2) is 6.10 Å². The van der Waals surface area contributed by atoms with Gasteiger partial charge in [-0.2, -0.15) is 0 Å².